The van der Waals surface area contributed by atoms with Gasteiger partial charge in [-0.25, -0.2) is 0 Å². The van der Waals surface area contributed by atoms with Crippen LogP contribution in [0.1, 0.15) is 24.0 Å². The summed E-state index contributed by atoms with van der Waals surface area (Å²) in [5.41, 5.74) is 2.02. The molecule has 1 aliphatic heterocycles. The Balaban J connectivity index is 1.87. The van der Waals surface area contributed by atoms with E-state index in [0.717, 1.165) is 49.7 Å². The average molecular weight is 307 g/mol. The number of rotatable bonds is 6. The van der Waals surface area contributed by atoms with Crippen LogP contribution in [0.15, 0.2) is 18.2 Å². The van der Waals surface area contributed by atoms with Gasteiger partial charge in [0.1, 0.15) is 12.4 Å². The number of morpholine rings is 1. The lowest BCUT2D eigenvalue weighted by molar-refractivity contribution is -0.142. The minimum Gasteiger partial charge on any atom is -0.492 e. The first-order chi connectivity index (χ1) is 10.6. The molecule has 1 saturated heterocycles. The summed E-state index contributed by atoms with van der Waals surface area (Å²) in [5, 5.41) is 0. The fourth-order valence-corrected chi connectivity index (χ4v) is 2.64. The standard InChI is InChI=1S/C17H25NO4/c1-13-12-15(4-5-16(13)14(2)17(19)20-3)22-11-8-18-6-9-21-10-7-18/h4-5,12,14H,6-11H2,1-3H3. The average Bonchev–Trinajstić information content (AvgIpc) is 2.54. The Morgan fingerprint density at radius 3 is 2.73 bits per heavy atom. The van der Waals surface area contributed by atoms with Crippen LogP contribution in [0.2, 0.25) is 0 Å². The van der Waals surface area contributed by atoms with E-state index in [0.29, 0.717) is 6.61 Å². The van der Waals surface area contributed by atoms with E-state index in [1.54, 1.807) is 0 Å². The van der Waals surface area contributed by atoms with E-state index in [1.807, 2.05) is 32.0 Å². The number of hydrogen-bond acceptors (Lipinski definition) is 5. The van der Waals surface area contributed by atoms with Gasteiger partial charge in [0.25, 0.3) is 0 Å². The Morgan fingerprint density at radius 1 is 1.36 bits per heavy atom. The SMILES string of the molecule is COC(=O)C(C)c1ccc(OCCN2CCOCC2)cc1C. The molecule has 0 amide bonds. The number of benzene rings is 1. The van der Waals surface area contributed by atoms with Gasteiger partial charge in [-0.15, -0.1) is 0 Å². The molecule has 5 heteroatoms. The third kappa shape index (κ3) is 4.45. The van der Waals surface area contributed by atoms with Crippen molar-refractivity contribution in [2.45, 2.75) is 19.8 Å². The molecule has 1 unspecified atom stereocenters. The molecule has 22 heavy (non-hydrogen) atoms. The van der Waals surface area contributed by atoms with Crippen LogP contribution >= 0.6 is 0 Å². The Hall–Kier alpha value is -1.59. The summed E-state index contributed by atoms with van der Waals surface area (Å²) in [6.45, 7) is 8.96. The van der Waals surface area contributed by atoms with Crippen molar-refractivity contribution in [3.05, 3.63) is 29.3 Å². The van der Waals surface area contributed by atoms with Gasteiger partial charge in [0.15, 0.2) is 0 Å². The van der Waals surface area contributed by atoms with Crippen molar-refractivity contribution in [3.8, 4) is 5.75 Å². The van der Waals surface area contributed by atoms with Crippen molar-refractivity contribution in [1.82, 2.24) is 4.90 Å². The molecular formula is C17H25NO4. The molecule has 0 aromatic heterocycles. The number of nitrogens with zero attached hydrogens (tertiary/aromatic N) is 1. The van der Waals surface area contributed by atoms with Gasteiger partial charge in [0.2, 0.25) is 0 Å². The second kappa shape index (κ2) is 8.15. The fraction of sp³-hybridized carbons (Fsp3) is 0.588. The molecule has 122 valence electrons. The zero-order valence-electron chi connectivity index (χ0n) is 13.6. The smallest absolute Gasteiger partial charge is 0.312 e. The molecule has 2 rings (SSSR count). The summed E-state index contributed by atoms with van der Waals surface area (Å²) in [7, 11) is 1.41. The minimum atomic E-state index is -0.257. The zero-order valence-corrected chi connectivity index (χ0v) is 13.6. The molecular weight excluding hydrogens is 282 g/mol. The predicted molar refractivity (Wildman–Crippen MR) is 84.4 cm³/mol. The molecule has 0 bridgehead atoms. The van der Waals surface area contributed by atoms with Crippen molar-refractivity contribution in [1.29, 1.82) is 0 Å². The van der Waals surface area contributed by atoms with Crippen molar-refractivity contribution >= 4 is 5.97 Å². The lowest BCUT2D eigenvalue weighted by Crippen LogP contribution is -2.38. The van der Waals surface area contributed by atoms with Crippen LogP contribution < -0.4 is 4.74 Å². The van der Waals surface area contributed by atoms with Gasteiger partial charge < -0.3 is 14.2 Å². The largest absolute Gasteiger partial charge is 0.492 e. The molecule has 1 aromatic carbocycles. The highest BCUT2D eigenvalue weighted by atomic mass is 16.5. The molecule has 0 spiro atoms. The van der Waals surface area contributed by atoms with Gasteiger partial charge in [-0.2, -0.15) is 0 Å². The van der Waals surface area contributed by atoms with Gasteiger partial charge >= 0.3 is 5.97 Å². The fourth-order valence-electron chi connectivity index (χ4n) is 2.64. The maximum atomic E-state index is 11.6. The van der Waals surface area contributed by atoms with Crippen molar-refractivity contribution < 1.29 is 19.0 Å². The van der Waals surface area contributed by atoms with E-state index < -0.39 is 0 Å². The molecule has 0 N–H and O–H groups in total. The first-order valence-corrected chi connectivity index (χ1v) is 7.73. The molecule has 1 aliphatic rings. The third-order valence-corrected chi connectivity index (χ3v) is 4.04. The highest BCUT2D eigenvalue weighted by molar-refractivity contribution is 5.78. The van der Waals surface area contributed by atoms with Gasteiger partial charge in [0, 0.05) is 19.6 Å². The number of carbonyl (C=O) groups is 1. The van der Waals surface area contributed by atoms with Crippen LogP contribution in [0, 0.1) is 6.92 Å². The molecule has 0 radical (unpaired) electrons. The van der Waals surface area contributed by atoms with Crippen LogP contribution in [0.25, 0.3) is 0 Å². The second-order valence-corrected chi connectivity index (χ2v) is 5.57. The van der Waals surface area contributed by atoms with Gasteiger partial charge in [-0.3, -0.25) is 9.69 Å². The molecule has 0 aliphatic carbocycles. The number of methoxy groups -OCH3 is 1. The van der Waals surface area contributed by atoms with E-state index >= 15 is 0 Å². The Kier molecular flexibility index (Phi) is 6.21. The van der Waals surface area contributed by atoms with Crippen LogP contribution in [-0.2, 0) is 14.3 Å². The van der Waals surface area contributed by atoms with E-state index in [-0.39, 0.29) is 11.9 Å². The number of hydrogen-bond donors (Lipinski definition) is 0. The first kappa shape index (κ1) is 16.8. The maximum absolute atomic E-state index is 11.6. The summed E-state index contributed by atoms with van der Waals surface area (Å²) in [6, 6.07) is 5.84. The van der Waals surface area contributed by atoms with Crippen molar-refractivity contribution in [2.75, 3.05) is 46.6 Å². The van der Waals surface area contributed by atoms with E-state index in [1.165, 1.54) is 7.11 Å². The number of aryl methyl sites for hydroxylation is 1. The molecule has 1 aromatic rings. The van der Waals surface area contributed by atoms with Gasteiger partial charge in [-0.1, -0.05) is 6.07 Å². The molecule has 5 nitrogen and oxygen atoms in total. The van der Waals surface area contributed by atoms with Crippen molar-refractivity contribution in [2.24, 2.45) is 0 Å². The monoisotopic (exact) mass is 307 g/mol. The van der Waals surface area contributed by atoms with Gasteiger partial charge in [0.05, 0.1) is 26.2 Å². The quantitative estimate of drug-likeness (QED) is 0.752. The predicted octanol–water partition coefficient (Wildman–Crippen LogP) is 1.98. The van der Waals surface area contributed by atoms with Crippen LogP contribution in [-0.4, -0.2) is 57.4 Å². The summed E-state index contributed by atoms with van der Waals surface area (Å²) < 4.78 is 15.9. The summed E-state index contributed by atoms with van der Waals surface area (Å²) in [4.78, 5) is 14.0. The molecule has 0 saturated carbocycles. The van der Waals surface area contributed by atoms with E-state index in [4.69, 9.17) is 14.2 Å². The van der Waals surface area contributed by atoms with E-state index in [2.05, 4.69) is 4.90 Å². The summed E-state index contributed by atoms with van der Waals surface area (Å²) in [5.74, 6) is 0.364. The first-order valence-electron chi connectivity index (χ1n) is 7.73. The molecule has 1 atom stereocenters. The maximum Gasteiger partial charge on any atom is 0.312 e. The number of ether oxygens (including phenoxy) is 3. The van der Waals surface area contributed by atoms with Crippen LogP contribution in [0.5, 0.6) is 5.75 Å². The normalized spacial score (nSPS) is 17.0. The highest BCUT2D eigenvalue weighted by Gasteiger charge is 2.18. The number of esters is 1. The highest BCUT2D eigenvalue weighted by Crippen LogP contribution is 2.24. The lowest BCUT2D eigenvalue weighted by Gasteiger charge is -2.26. The Labute approximate surface area is 132 Å². The number of carbonyl (C=O) groups excluding carboxylic acids is 1. The lowest BCUT2D eigenvalue weighted by atomic mass is 9.96. The minimum absolute atomic E-state index is 0.218. The summed E-state index contributed by atoms with van der Waals surface area (Å²) >= 11 is 0. The van der Waals surface area contributed by atoms with Crippen molar-refractivity contribution in [3.63, 3.8) is 0 Å². The Morgan fingerprint density at radius 2 is 2.09 bits per heavy atom. The topological polar surface area (TPSA) is 48.0 Å². The third-order valence-electron chi connectivity index (χ3n) is 4.04. The van der Waals surface area contributed by atoms with Crippen LogP contribution in [0.3, 0.4) is 0 Å². The Bertz CT molecular complexity index is 497. The molecule has 1 heterocycles. The summed E-state index contributed by atoms with van der Waals surface area (Å²) in [6.07, 6.45) is 0. The second-order valence-electron chi connectivity index (χ2n) is 5.57. The zero-order chi connectivity index (χ0) is 15.9. The van der Waals surface area contributed by atoms with Gasteiger partial charge in [-0.05, 0) is 37.1 Å². The van der Waals surface area contributed by atoms with Crippen LogP contribution in [0.4, 0.5) is 0 Å². The van der Waals surface area contributed by atoms with E-state index in [9.17, 15) is 4.79 Å². The molecule has 1 fully saturated rings.